The highest BCUT2D eigenvalue weighted by atomic mass is 32.2. The second-order valence-corrected chi connectivity index (χ2v) is 7.07. The number of anilines is 1. The van der Waals surface area contributed by atoms with E-state index in [1.54, 1.807) is 6.07 Å². The predicted octanol–water partition coefficient (Wildman–Crippen LogP) is 1.99. The summed E-state index contributed by atoms with van der Waals surface area (Å²) in [5.41, 5.74) is 2.82. The number of aryl methyl sites for hydroxylation is 2. The topological polar surface area (TPSA) is 66.5 Å². The normalized spacial score (nSPS) is 11.2. The molecule has 0 aliphatic carbocycles. The third kappa shape index (κ3) is 5.38. The maximum atomic E-state index is 12.0. The van der Waals surface area contributed by atoms with Crippen LogP contribution in [0.5, 0.6) is 0 Å². The molecule has 0 heterocycles. The van der Waals surface area contributed by atoms with E-state index in [2.05, 4.69) is 5.32 Å². The van der Waals surface area contributed by atoms with Crippen LogP contribution in [-0.2, 0) is 14.8 Å². The SMILES string of the molecule is CCNC(=O)CCCN(c1ccc(C)c(C)c1)S(C)(=O)=O. The molecule has 0 fully saturated rings. The lowest BCUT2D eigenvalue weighted by Gasteiger charge is -2.23. The lowest BCUT2D eigenvalue weighted by molar-refractivity contribution is -0.121. The monoisotopic (exact) mass is 312 g/mol. The number of hydrogen-bond donors (Lipinski definition) is 1. The number of carbonyl (C=O) groups excluding carboxylic acids is 1. The summed E-state index contributed by atoms with van der Waals surface area (Å²) in [6, 6.07) is 5.57. The van der Waals surface area contributed by atoms with Gasteiger partial charge in [-0.2, -0.15) is 0 Å². The number of carbonyl (C=O) groups is 1. The molecule has 1 rings (SSSR count). The third-order valence-electron chi connectivity index (χ3n) is 3.32. The summed E-state index contributed by atoms with van der Waals surface area (Å²) in [5.74, 6) is -0.0500. The number of rotatable bonds is 7. The zero-order valence-corrected chi connectivity index (χ0v) is 14.0. The van der Waals surface area contributed by atoms with Crippen molar-refractivity contribution in [3.8, 4) is 0 Å². The summed E-state index contributed by atoms with van der Waals surface area (Å²) in [7, 11) is -3.36. The van der Waals surface area contributed by atoms with E-state index in [0.29, 0.717) is 31.6 Å². The van der Waals surface area contributed by atoms with E-state index in [4.69, 9.17) is 0 Å². The molecule has 0 spiro atoms. The Morgan fingerprint density at radius 1 is 1.24 bits per heavy atom. The summed E-state index contributed by atoms with van der Waals surface area (Å²) in [6.07, 6.45) is 2.00. The lowest BCUT2D eigenvalue weighted by atomic mass is 10.1. The Balaban J connectivity index is 2.82. The van der Waals surface area contributed by atoms with Crippen LogP contribution in [0.1, 0.15) is 30.9 Å². The number of nitrogens with zero attached hydrogens (tertiary/aromatic N) is 1. The van der Waals surface area contributed by atoms with Crippen molar-refractivity contribution in [2.45, 2.75) is 33.6 Å². The number of nitrogens with one attached hydrogen (secondary N) is 1. The zero-order valence-electron chi connectivity index (χ0n) is 13.1. The van der Waals surface area contributed by atoms with Crippen LogP contribution in [0.2, 0.25) is 0 Å². The maximum absolute atomic E-state index is 12.0. The molecular weight excluding hydrogens is 288 g/mol. The van der Waals surface area contributed by atoms with Crippen molar-refractivity contribution in [2.75, 3.05) is 23.7 Å². The Hall–Kier alpha value is -1.56. The van der Waals surface area contributed by atoms with Crippen molar-refractivity contribution in [3.63, 3.8) is 0 Å². The molecule has 21 heavy (non-hydrogen) atoms. The van der Waals surface area contributed by atoms with Crippen LogP contribution in [0, 0.1) is 13.8 Å². The van der Waals surface area contributed by atoms with Crippen LogP contribution in [-0.4, -0.2) is 33.7 Å². The van der Waals surface area contributed by atoms with Crippen LogP contribution in [0.3, 0.4) is 0 Å². The van der Waals surface area contributed by atoms with Gasteiger partial charge in [0.15, 0.2) is 0 Å². The van der Waals surface area contributed by atoms with E-state index in [-0.39, 0.29) is 5.91 Å². The second-order valence-electron chi connectivity index (χ2n) is 5.16. The molecule has 0 saturated carbocycles. The van der Waals surface area contributed by atoms with E-state index >= 15 is 0 Å². The third-order valence-corrected chi connectivity index (χ3v) is 4.51. The molecule has 0 radical (unpaired) electrons. The quantitative estimate of drug-likeness (QED) is 0.837. The molecule has 0 bridgehead atoms. The molecule has 1 amide bonds. The highest BCUT2D eigenvalue weighted by Gasteiger charge is 2.17. The van der Waals surface area contributed by atoms with Gasteiger partial charge in [0.2, 0.25) is 15.9 Å². The van der Waals surface area contributed by atoms with Gasteiger partial charge in [0.1, 0.15) is 0 Å². The summed E-state index contributed by atoms with van der Waals surface area (Å²) < 4.78 is 25.3. The van der Waals surface area contributed by atoms with Gasteiger partial charge in [-0.1, -0.05) is 6.07 Å². The van der Waals surface area contributed by atoms with Crippen molar-refractivity contribution in [1.29, 1.82) is 0 Å². The van der Waals surface area contributed by atoms with Gasteiger partial charge < -0.3 is 5.32 Å². The Bertz CT molecular complexity index is 597. The number of benzene rings is 1. The van der Waals surface area contributed by atoms with Crippen LogP contribution in [0.15, 0.2) is 18.2 Å². The average molecular weight is 312 g/mol. The smallest absolute Gasteiger partial charge is 0.232 e. The highest BCUT2D eigenvalue weighted by Crippen LogP contribution is 2.21. The minimum atomic E-state index is -3.36. The van der Waals surface area contributed by atoms with E-state index < -0.39 is 10.0 Å². The second kappa shape index (κ2) is 7.45. The van der Waals surface area contributed by atoms with Crippen molar-refractivity contribution in [2.24, 2.45) is 0 Å². The van der Waals surface area contributed by atoms with Crippen molar-refractivity contribution in [3.05, 3.63) is 29.3 Å². The molecule has 0 aromatic heterocycles. The Labute approximate surface area is 127 Å². The summed E-state index contributed by atoms with van der Waals surface area (Å²) in [6.45, 7) is 6.69. The van der Waals surface area contributed by atoms with E-state index in [1.165, 1.54) is 10.6 Å². The molecule has 0 unspecified atom stereocenters. The molecule has 6 heteroatoms. The summed E-state index contributed by atoms with van der Waals surface area (Å²) in [5, 5.41) is 2.71. The van der Waals surface area contributed by atoms with Gasteiger partial charge >= 0.3 is 0 Å². The van der Waals surface area contributed by atoms with E-state index in [1.807, 2.05) is 32.9 Å². The van der Waals surface area contributed by atoms with Gasteiger partial charge in [-0.3, -0.25) is 9.10 Å². The Morgan fingerprint density at radius 3 is 2.43 bits per heavy atom. The molecular formula is C15H24N2O3S. The standard InChI is InChI=1S/C15H24N2O3S/c1-5-16-15(18)7-6-10-17(21(4,19)20)14-9-8-12(2)13(3)11-14/h8-9,11H,5-7,10H2,1-4H3,(H,16,18). The van der Waals surface area contributed by atoms with Gasteiger partial charge in [-0.15, -0.1) is 0 Å². The molecule has 0 aliphatic heterocycles. The molecule has 0 aliphatic rings. The first-order valence-electron chi connectivity index (χ1n) is 7.07. The van der Waals surface area contributed by atoms with Crippen LogP contribution < -0.4 is 9.62 Å². The van der Waals surface area contributed by atoms with Gasteiger partial charge in [0, 0.05) is 19.5 Å². The largest absolute Gasteiger partial charge is 0.356 e. The van der Waals surface area contributed by atoms with E-state index in [0.717, 1.165) is 11.1 Å². The maximum Gasteiger partial charge on any atom is 0.232 e. The van der Waals surface area contributed by atoms with Gasteiger partial charge in [-0.05, 0) is 50.5 Å². The molecule has 0 saturated heterocycles. The van der Waals surface area contributed by atoms with Crippen LogP contribution in [0.4, 0.5) is 5.69 Å². The molecule has 118 valence electrons. The molecule has 1 aromatic rings. The molecule has 1 N–H and O–H groups in total. The summed E-state index contributed by atoms with van der Waals surface area (Å²) >= 11 is 0. The first kappa shape index (κ1) is 17.5. The number of sulfonamides is 1. The zero-order chi connectivity index (χ0) is 16.0. The minimum absolute atomic E-state index is 0.0500. The molecule has 5 nitrogen and oxygen atoms in total. The fourth-order valence-corrected chi connectivity index (χ4v) is 2.99. The summed E-state index contributed by atoms with van der Waals surface area (Å²) in [4.78, 5) is 11.4. The van der Waals surface area contributed by atoms with Gasteiger partial charge in [0.25, 0.3) is 0 Å². The minimum Gasteiger partial charge on any atom is -0.356 e. The first-order chi connectivity index (χ1) is 9.75. The fraction of sp³-hybridized carbons (Fsp3) is 0.533. The van der Waals surface area contributed by atoms with Gasteiger partial charge in [-0.25, -0.2) is 8.42 Å². The number of hydrogen-bond acceptors (Lipinski definition) is 3. The molecule has 0 atom stereocenters. The molecule has 1 aromatic carbocycles. The van der Waals surface area contributed by atoms with Gasteiger partial charge in [0.05, 0.1) is 11.9 Å². The Morgan fingerprint density at radius 2 is 1.90 bits per heavy atom. The Kier molecular flexibility index (Phi) is 6.20. The van der Waals surface area contributed by atoms with Crippen molar-refractivity contribution in [1.82, 2.24) is 5.32 Å². The van der Waals surface area contributed by atoms with Crippen LogP contribution in [0.25, 0.3) is 0 Å². The number of amides is 1. The average Bonchev–Trinajstić information content (AvgIpc) is 2.37. The van der Waals surface area contributed by atoms with E-state index in [9.17, 15) is 13.2 Å². The first-order valence-corrected chi connectivity index (χ1v) is 8.92. The highest BCUT2D eigenvalue weighted by molar-refractivity contribution is 7.92. The fourth-order valence-electron chi connectivity index (χ4n) is 2.04. The lowest BCUT2D eigenvalue weighted by Crippen LogP contribution is -2.32. The van der Waals surface area contributed by atoms with Crippen molar-refractivity contribution >= 4 is 21.6 Å². The predicted molar refractivity (Wildman–Crippen MR) is 86.0 cm³/mol. The van der Waals surface area contributed by atoms with Crippen molar-refractivity contribution < 1.29 is 13.2 Å². The van der Waals surface area contributed by atoms with Crippen LogP contribution >= 0.6 is 0 Å².